The number of fused-ring (bicyclic) bond motifs is 4. The predicted octanol–water partition coefficient (Wildman–Crippen LogP) is 3.56. The average molecular weight is 320 g/mol. The zero-order valence-corrected chi connectivity index (χ0v) is 12.3. The Morgan fingerprint density at radius 3 is 2.91 bits per heavy atom. The van der Waals surface area contributed by atoms with Gasteiger partial charge >= 0.3 is 6.18 Å². The minimum absolute atomic E-state index is 0.360. The van der Waals surface area contributed by atoms with Crippen molar-refractivity contribution in [1.82, 2.24) is 9.97 Å². The Hall–Kier alpha value is -2.31. The first-order valence-electron chi connectivity index (χ1n) is 7.56. The molecule has 2 aromatic heterocycles. The third kappa shape index (κ3) is 2.60. The maximum atomic E-state index is 12.8. The SMILES string of the molecule is FC(F)(F)c1cncc(-c2ccc3c(n2)NC2CCCN3C2)c1. The molecule has 2 aliphatic heterocycles. The molecule has 1 atom stereocenters. The number of nitrogens with zero attached hydrogens (tertiary/aromatic N) is 3. The van der Waals surface area contributed by atoms with Crippen LogP contribution >= 0.6 is 0 Å². The topological polar surface area (TPSA) is 41.1 Å². The van der Waals surface area contributed by atoms with Crippen LogP contribution < -0.4 is 10.2 Å². The first-order valence-corrected chi connectivity index (χ1v) is 7.56. The molecule has 0 aliphatic carbocycles. The van der Waals surface area contributed by atoms with Crippen molar-refractivity contribution >= 4 is 11.5 Å². The van der Waals surface area contributed by atoms with Gasteiger partial charge in [0.15, 0.2) is 5.82 Å². The Bertz CT molecular complexity index is 744. The van der Waals surface area contributed by atoms with E-state index in [1.165, 1.54) is 6.20 Å². The molecular weight excluding hydrogens is 305 g/mol. The number of anilines is 2. The van der Waals surface area contributed by atoms with Crippen LogP contribution in [0.25, 0.3) is 11.3 Å². The summed E-state index contributed by atoms with van der Waals surface area (Å²) in [6.07, 6.45) is 0.0612. The second-order valence-electron chi connectivity index (χ2n) is 5.95. The summed E-state index contributed by atoms with van der Waals surface area (Å²) in [6, 6.07) is 5.13. The summed E-state index contributed by atoms with van der Waals surface area (Å²) in [6.45, 7) is 1.95. The second-order valence-corrected chi connectivity index (χ2v) is 5.95. The lowest BCUT2D eigenvalue weighted by Crippen LogP contribution is -2.46. The van der Waals surface area contributed by atoms with E-state index in [0.29, 0.717) is 17.3 Å². The van der Waals surface area contributed by atoms with Crippen LogP contribution in [0.3, 0.4) is 0 Å². The summed E-state index contributed by atoms with van der Waals surface area (Å²) < 4.78 is 38.5. The summed E-state index contributed by atoms with van der Waals surface area (Å²) in [7, 11) is 0. The van der Waals surface area contributed by atoms with Crippen molar-refractivity contribution in [2.45, 2.75) is 25.1 Å². The van der Waals surface area contributed by atoms with Crippen molar-refractivity contribution in [3.63, 3.8) is 0 Å². The highest BCUT2D eigenvalue weighted by Crippen LogP contribution is 2.36. The highest BCUT2D eigenvalue weighted by Gasteiger charge is 2.32. The minimum atomic E-state index is -4.40. The van der Waals surface area contributed by atoms with Gasteiger partial charge in [-0.3, -0.25) is 4.98 Å². The van der Waals surface area contributed by atoms with E-state index in [0.717, 1.165) is 49.7 Å². The van der Waals surface area contributed by atoms with Crippen LogP contribution in [0.5, 0.6) is 0 Å². The van der Waals surface area contributed by atoms with Crippen molar-refractivity contribution in [2.24, 2.45) is 0 Å². The van der Waals surface area contributed by atoms with Crippen LogP contribution in [0.2, 0.25) is 0 Å². The summed E-state index contributed by atoms with van der Waals surface area (Å²) in [4.78, 5) is 10.5. The van der Waals surface area contributed by atoms with E-state index in [-0.39, 0.29) is 0 Å². The number of aromatic nitrogens is 2. The van der Waals surface area contributed by atoms with Gasteiger partial charge in [-0.05, 0) is 31.0 Å². The third-order valence-electron chi connectivity index (χ3n) is 4.34. The van der Waals surface area contributed by atoms with Crippen molar-refractivity contribution in [3.8, 4) is 11.3 Å². The average Bonchev–Trinajstić information content (AvgIpc) is 2.54. The smallest absolute Gasteiger partial charge is 0.366 e. The number of piperidine rings is 1. The summed E-state index contributed by atoms with van der Waals surface area (Å²) in [5, 5.41) is 3.39. The first kappa shape index (κ1) is 14.3. The largest absolute Gasteiger partial charge is 0.417 e. The molecule has 0 amide bonds. The number of hydrogen-bond donors (Lipinski definition) is 1. The Morgan fingerprint density at radius 1 is 1.22 bits per heavy atom. The van der Waals surface area contributed by atoms with Gasteiger partial charge in [0.1, 0.15) is 0 Å². The van der Waals surface area contributed by atoms with Gasteiger partial charge in [0.25, 0.3) is 0 Å². The Balaban J connectivity index is 1.73. The molecule has 23 heavy (non-hydrogen) atoms. The van der Waals surface area contributed by atoms with Crippen molar-refractivity contribution < 1.29 is 13.2 Å². The Morgan fingerprint density at radius 2 is 2.09 bits per heavy atom. The molecule has 120 valence electrons. The first-order chi connectivity index (χ1) is 11.0. The summed E-state index contributed by atoms with van der Waals surface area (Å²) >= 11 is 0. The van der Waals surface area contributed by atoms with E-state index < -0.39 is 11.7 Å². The van der Waals surface area contributed by atoms with Gasteiger partial charge < -0.3 is 10.2 Å². The third-order valence-corrected chi connectivity index (χ3v) is 4.34. The molecule has 4 heterocycles. The van der Waals surface area contributed by atoms with Crippen LogP contribution in [0.4, 0.5) is 24.7 Å². The molecule has 0 radical (unpaired) electrons. The second kappa shape index (κ2) is 5.11. The fraction of sp³-hybridized carbons (Fsp3) is 0.375. The molecular formula is C16H15F3N4. The lowest BCUT2D eigenvalue weighted by molar-refractivity contribution is -0.137. The number of nitrogens with one attached hydrogen (secondary N) is 1. The van der Waals surface area contributed by atoms with Gasteiger partial charge in [-0.15, -0.1) is 0 Å². The fourth-order valence-electron chi connectivity index (χ4n) is 3.22. The fourth-order valence-corrected chi connectivity index (χ4v) is 3.22. The number of alkyl halides is 3. The molecule has 0 aromatic carbocycles. The Labute approximate surface area is 131 Å². The van der Waals surface area contributed by atoms with E-state index in [1.54, 1.807) is 6.07 Å². The van der Waals surface area contributed by atoms with Crippen molar-refractivity contribution in [1.29, 1.82) is 0 Å². The highest BCUT2D eigenvalue weighted by molar-refractivity contribution is 5.74. The van der Waals surface area contributed by atoms with Gasteiger partial charge in [-0.2, -0.15) is 13.2 Å². The number of pyridine rings is 2. The molecule has 1 unspecified atom stereocenters. The van der Waals surface area contributed by atoms with Gasteiger partial charge in [0.2, 0.25) is 0 Å². The zero-order valence-electron chi connectivity index (χ0n) is 12.3. The number of halogens is 3. The van der Waals surface area contributed by atoms with E-state index in [9.17, 15) is 13.2 Å². The van der Waals surface area contributed by atoms with Gasteiger partial charge in [-0.1, -0.05) is 0 Å². The molecule has 1 saturated heterocycles. The minimum Gasteiger partial charge on any atom is -0.366 e. The van der Waals surface area contributed by atoms with Crippen LogP contribution in [0.15, 0.2) is 30.6 Å². The highest BCUT2D eigenvalue weighted by atomic mass is 19.4. The molecule has 2 bridgehead atoms. The molecule has 2 aliphatic rings. The molecule has 2 aromatic rings. The molecule has 1 N–H and O–H groups in total. The van der Waals surface area contributed by atoms with Gasteiger partial charge in [0, 0.05) is 37.1 Å². The Kier molecular flexibility index (Phi) is 3.18. The molecule has 0 spiro atoms. The zero-order chi connectivity index (χ0) is 16.0. The molecule has 4 nitrogen and oxygen atoms in total. The van der Waals surface area contributed by atoms with E-state index in [4.69, 9.17) is 0 Å². The van der Waals surface area contributed by atoms with Crippen LogP contribution in [0.1, 0.15) is 18.4 Å². The van der Waals surface area contributed by atoms with Crippen molar-refractivity contribution in [3.05, 3.63) is 36.2 Å². The molecule has 4 rings (SSSR count). The van der Waals surface area contributed by atoms with E-state index >= 15 is 0 Å². The number of hydrogen-bond acceptors (Lipinski definition) is 4. The summed E-state index contributed by atoms with van der Waals surface area (Å²) in [5.74, 6) is 0.746. The van der Waals surface area contributed by atoms with Crippen molar-refractivity contribution in [2.75, 3.05) is 23.3 Å². The monoisotopic (exact) mass is 320 g/mol. The normalized spacial score (nSPS) is 20.0. The predicted molar refractivity (Wildman–Crippen MR) is 81.3 cm³/mol. The van der Waals surface area contributed by atoms with Crippen LogP contribution in [-0.2, 0) is 6.18 Å². The van der Waals surface area contributed by atoms with Crippen LogP contribution in [-0.4, -0.2) is 29.1 Å². The lowest BCUT2D eigenvalue weighted by Gasteiger charge is -2.40. The molecule has 7 heteroatoms. The van der Waals surface area contributed by atoms with E-state index in [1.807, 2.05) is 6.07 Å². The lowest BCUT2D eigenvalue weighted by atomic mass is 10.0. The van der Waals surface area contributed by atoms with E-state index in [2.05, 4.69) is 20.2 Å². The number of rotatable bonds is 1. The molecule has 1 fully saturated rings. The summed E-state index contributed by atoms with van der Waals surface area (Å²) in [5.41, 5.74) is 1.12. The van der Waals surface area contributed by atoms with Crippen LogP contribution in [0, 0.1) is 0 Å². The van der Waals surface area contributed by atoms with Gasteiger partial charge in [0.05, 0.1) is 16.9 Å². The maximum Gasteiger partial charge on any atom is 0.417 e. The van der Waals surface area contributed by atoms with Gasteiger partial charge in [-0.25, -0.2) is 4.98 Å². The standard InChI is InChI=1S/C16H15F3N4/c17-16(18,19)11-6-10(7-20-8-11)13-3-4-14-15(22-13)21-12-2-1-5-23(14)9-12/h3-4,6-8,12H,1-2,5,9H2,(H,21,22). The maximum absolute atomic E-state index is 12.8. The quantitative estimate of drug-likeness (QED) is 0.872. The molecule has 0 saturated carbocycles.